The second kappa shape index (κ2) is 14.7. The first-order chi connectivity index (χ1) is 20.6. The summed E-state index contributed by atoms with van der Waals surface area (Å²) in [5.74, 6) is -3.65. The zero-order valence-electron chi connectivity index (χ0n) is 26.8. The monoisotopic (exact) mass is 613 g/mol. The van der Waals surface area contributed by atoms with Crippen LogP contribution in [0.4, 0.5) is 0 Å². The molecule has 4 N–H and O–H groups in total. The molecule has 1 aromatic rings. The highest BCUT2D eigenvalue weighted by Crippen LogP contribution is 2.33. The summed E-state index contributed by atoms with van der Waals surface area (Å²) in [5, 5.41) is 10.8. The van der Waals surface area contributed by atoms with Gasteiger partial charge in [-0.1, -0.05) is 48.0 Å². The van der Waals surface area contributed by atoms with Crippen LogP contribution in [0.3, 0.4) is 0 Å². The fourth-order valence-electron chi connectivity index (χ4n) is 5.39. The Kier molecular flexibility index (Phi) is 11.6. The fourth-order valence-corrected chi connectivity index (χ4v) is 5.39. The van der Waals surface area contributed by atoms with Gasteiger partial charge in [0.1, 0.15) is 23.8 Å². The molecule has 1 saturated carbocycles. The predicted octanol–water partition coefficient (Wildman–Crippen LogP) is 1.13. The fraction of sp³-hybridized carbons (Fsp3) is 0.677. The first kappa shape index (κ1) is 34.6. The van der Waals surface area contributed by atoms with Crippen molar-refractivity contribution in [1.82, 2.24) is 36.1 Å². The van der Waals surface area contributed by atoms with Gasteiger partial charge in [0.25, 0.3) is 11.8 Å². The van der Waals surface area contributed by atoms with Crippen LogP contribution in [0.2, 0.25) is 0 Å². The molecule has 242 valence electrons. The second-order valence-electron chi connectivity index (χ2n) is 13.2. The van der Waals surface area contributed by atoms with E-state index >= 15 is 0 Å². The minimum absolute atomic E-state index is 0.00490. The zero-order valence-corrected chi connectivity index (χ0v) is 26.8. The Morgan fingerprint density at radius 2 is 1.66 bits per heavy atom. The molecule has 1 aromatic heterocycles. The highest BCUT2D eigenvalue weighted by atomic mass is 16.2. The van der Waals surface area contributed by atoms with Crippen LogP contribution in [0.1, 0.15) is 91.1 Å². The molecule has 0 spiro atoms. The number of hydrogen-bond acceptors (Lipinski definition) is 8. The molecule has 1 aliphatic carbocycles. The van der Waals surface area contributed by atoms with Crippen LogP contribution in [0, 0.1) is 17.3 Å². The summed E-state index contributed by atoms with van der Waals surface area (Å²) in [6.07, 6.45) is 7.15. The Morgan fingerprint density at radius 3 is 2.20 bits per heavy atom. The van der Waals surface area contributed by atoms with E-state index in [1.807, 2.05) is 20.8 Å². The van der Waals surface area contributed by atoms with Gasteiger partial charge in [-0.2, -0.15) is 0 Å². The van der Waals surface area contributed by atoms with E-state index in [1.54, 1.807) is 20.8 Å². The lowest BCUT2D eigenvalue weighted by Gasteiger charge is -2.37. The van der Waals surface area contributed by atoms with Crippen LogP contribution >= 0.6 is 0 Å². The molecule has 2 fully saturated rings. The molecule has 44 heavy (non-hydrogen) atoms. The molecular formula is C31H47N7O6. The van der Waals surface area contributed by atoms with Gasteiger partial charge >= 0.3 is 0 Å². The van der Waals surface area contributed by atoms with Crippen LogP contribution in [-0.4, -0.2) is 86.9 Å². The summed E-state index contributed by atoms with van der Waals surface area (Å²) >= 11 is 0. The van der Waals surface area contributed by atoms with Crippen molar-refractivity contribution >= 4 is 35.3 Å². The molecular weight excluding hydrogens is 566 g/mol. The maximum atomic E-state index is 14.2. The van der Waals surface area contributed by atoms with Crippen LogP contribution in [0.15, 0.2) is 18.6 Å². The van der Waals surface area contributed by atoms with Gasteiger partial charge in [-0.05, 0) is 49.9 Å². The Labute approximate surface area is 259 Å². The summed E-state index contributed by atoms with van der Waals surface area (Å²) in [7, 11) is 0. The number of nitrogens with one attached hydrogen (secondary N) is 4. The molecule has 2 heterocycles. The summed E-state index contributed by atoms with van der Waals surface area (Å²) in [5.41, 5.74) is -0.703. The third kappa shape index (κ3) is 8.82. The van der Waals surface area contributed by atoms with Gasteiger partial charge in [0.05, 0.1) is 12.2 Å². The van der Waals surface area contributed by atoms with Gasteiger partial charge in [0.15, 0.2) is 0 Å². The number of carbonyl (C=O) groups is 6. The lowest BCUT2D eigenvalue weighted by Crippen LogP contribution is -2.61. The number of ketones is 1. The summed E-state index contributed by atoms with van der Waals surface area (Å²) in [6, 6.07) is -3.91. The van der Waals surface area contributed by atoms with Gasteiger partial charge in [0, 0.05) is 25.0 Å². The molecule has 2 aliphatic rings. The van der Waals surface area contributed by atoms with Gasteiger partial charge < -0.3 is 26.2 Å². The van der Waals surface area contributed by atoms with Crippen molar-refractivity contribution in [3.8, 4) is 0 Å². The van der Waals surface area contributed by atoms with E-state index in [4.69, 9.17) is 0 Å². The van der Waals surface area contributed by atoms with E-state index in [-0.39, 0.29) is 36.5 Å². The van der Waals surface area contributed by atoms with E-state index < -0.39 is 64.9 Å². The number of rotatable bonds is 13. The Bertz CT molecular complexity index is 1230. The minimum atomic E-state index is -1.02. The van der Waals surface area contributed by atoms with Crippen molar-refractivity contribution in [2.24, 2.45) is 17.3 Å². The zero-order chi connectivity index (χ0) is 32.8. The van der Waals surface area contributed by atoms with Crippen LogP contribution in [0.25, 0.3) is 0 Å². The molecule has 5 amide bonds. The molecule has 0 radical (unpaired) electrons. The number of aromatic nitrogens is 2. The number of Topliss-reactive ketones (excluding diaryl/α,β-unsaturated/α-hetero) is 1. The number of nitrogens with zero attached hydrogens (tertiary/aromatic N) is 3. The summed E-state index contributed by atoms with van der Waals surface area (Å²) in [6.45, 7) is 13.0. The Balaban J connectivity index is 1.78. The first-order valence-corrected chi connectivity index (χ1v) is 15.5. The number of likely N-dealkylation sites (tertiary alicyclic amines) is 1. The summed E-state index contributed by atoms with van der Waals surface area (Å²) in [4.78, 5) is 88.5. The lowest BCUT2D eigenvalue weighted by atomic mass is 9.84. The van der Waals surface area contributed by atoms with Gasteiger partial charge in [-0.15, -0.1) is 0 Å². The summed E-state index contributed by atoms with van der Waals surface area (Å²) < 4.78 is 0. The normalized spacial score (nSPS) is 20.3. The van der Waals surface area contributed by atoms with Crippen LogP contribution in [0.5, 0.6) is 0 Å². The third-order valence-corrected chi connectivity index (χ3v) is 8.14. The highest BCUT2D eigenvalue weighted by Gasteiger charge is 2.48. The largest absolute Gasteiger partial charge is 0.347 e. The van der Waals surface area contributed by atoms with Gasteiger partial charge in [-0.25, -0.2) is 4.98 Å². The second-order valence-corrected chi connectivity index (χ2v) is 13.2. The van der Waals surface area contributed by atoms with Crippen molar-refractivity contribution in [1.29, 1.82) is 0 Å². The maximum absolute atomic E-state index is 14.2. The van der Waals surface area contributed by atoms with E-state index in [9.17, 15) is 28.8 Å². The molecule has 13 nitrogen and oxygen atoms in total. The van der Waals surface area contributed by atoms with Crippen molar-refractivity contribution in [3.63, 3.8) is 0 Å². The lowest BCUT2D eigenvalue weighted by molar-refractivity contribution is -0.146. The van der Waals surface area contributed by atoms with E-state index in [1.165, 1.54) is 30.4 Å². The third-order valence-electron chi connectivity index (χ3n) is 8.14. The van der Waals surface area contributed by atoms with Crippen LogP contribution < -0.4 is 21.3 Å². The average Bonchev–Trinajstić information content (AvgIpc) is 3.66. The van der Waals surface area contributed by atoms with Crippen molar-refractivity contribution in [3.05, 3.63) is 24.3 Å². The van der Waals surface area contributed by atoms with E-state index in [0.29, 0.717) is 12.8 Å². The molecule has 3 rings (SSSR count). The van der Waals surface area contributed by atoms with Crippen molar-refractivity contribution in [2.45, 2.75) is 111 Å². The predicted molar refractivity (Wildman–Crippen MR) is 162 cm³/mol. The van der Waals surface area contributed by atoms with Gasteiger partial charge in [-0.3, -0.25) is 33.8 Å². The highest BCUT2D eigenvalue weighted by molar-refractivity contribution is 6.38. The molecule has 0 bridgehead atoms. The maximum Gasteiger partial charge on any atom is 0.289 e. The number of hydrogen-bond donors (Lipinski definition) is 4. The topological polar surface area (TPSA) is 180 Å². The first-order valence-electron chi connectivity index (χ1n) is 15.5. The number of amides is 5. The molecule has 0 aromatic carbocycles. The van der Waals surface area contributed by atoms with E-state index in [2.05, 4.69) is 31.2 Å². The molecule has 5 atom stereocenters. The molecule has 1 aliphatic heterocycles. The van der Waals surface area contributed by atoms with E-state index in [0.717, 1.165) is 12.8 Å². The van der Waals surface area contributed by atoms with Gasteiger partial charge in [0.2, 0.25) is 23.5 Å². The quantitative estimate of drug-likeness (QED) is 0.239. The smallest absolute Gasteiger partial charge is 0.289 e. The molecule has 13 heteroatoms. The molecule has 1 saturated heterocycles. The number of carbonyl (C=O) groups excluding carboxylic acids is 6. The minimum Gasteiger partial charge on any atom is -0.347 e. The standard InChI is InChI=1S/C31H47N7O6/c1-8-9-21(24(39)29(43)35-19-10-11-19)36-28(42)23-20(17(2)3)12-15-38(23)30(44)25(31(5,6)7)37-26(40)18(4)34-27(41)22-16-32-13-14-33-22/h13-14,16-21,23,25H,8-12,15H2,1-7H3,(H,34,41)(H,35,43)(H,36,42)(H,37,40)/t18-,20+,21-,23-,25+/m0/s1. The van der Waals surface area contributed by atoms with Crippen LogP contribution in [-0.2, 0) is 24.0 Å². The van der Waals surface area contributed by atoms with Crippen molar-refractivity contribution in [2.75, 3.05) is 6.54 Å². The SMILES string of the molecule is CCC[C@H](NC(=O)[C@@H]1[C@@H](C(C)C)CCN1C(=O)[C@@H](NC(=O)[C@H](C)NC(=O)c1cnccn1)C(C)(C)C)C(=O)C(=O)NC1CC1. The average molecular weight is 614 g/mol. The Morgan fingerprint density at radius 1 is 0.977 bits per heavy atom. The van der Waals surface area contributed by atoms with Crippen molar-refractivity contribution < 1.29 is 28.8 Å². The Hall–Kier alpha value is -3.90. The molecule has 0 unspecified atom stereocenters.